The second kappa shape index (κ2) is 10.1. The van der Waals surface area contributed by atoms with Crippen molar-refractivity contribution in [2.75, 3.05) is 20.8 Å². The fourth-order valence-corrected chi connectivity index (χ4v) is 4.35. The molecule has 0 bridgehead atoms. The molecule has 1 atom stereocenters. The fraction of sp³-hybridized carbons (Fsp3) is 0.286. The van der Waals surface area contributed by atoms with Crippen LogP contribution in [-0.2, 0) is 11.2 Å². The van der Waals surface area contributed by atoms with Gasteiger partial charge in [-0.25, -0.2) is 0 Å². The molecule has 4 rings (SSSR count). The molecular weight excluding hydrogens is 446 g/mol. The maximum atomic E-state index is 13.3. The molecular formula is C28H29NO6. The minimum absolute atomic E-state index is 0.0227. The summed E-state index contributed by atoms with van der Waals surface area (Å²) in [5.74, 6) is -0.0219. The highest BCUT2D eigenvalue weighted by Gasteiger charge is 2.44. The van der Waals surface area contributed by atoms with Crippen LogP contribution in [0.5, 0.6) is 11.5 Å². The number of benzene rings is 2. The van der Waals surface area contributed by atoms with Crippen LogP contribution >= 0.6 is 0 Å². The van der Waals surface area contributed by atoms with Crippen molar-refractivity contribution in [2.24, 2.45) is 0 Å². The van der Waals surface area contributed by atoms with E-state index < -0.39 is 23.5 Å². The van der Waals surface area contributed by atoms with Gasteiger partial charge in [0, 0.05) is 6.54 Å². The number of ketones is 1. The lowest BCUT2D eigenvalue weighted by atomic mass is 9.92. The average molecular weight is 476 g/mol. The highest BCUT2D eigenvalue weighted by atomic mass is 16.5. The Kier molecular flexibility index (Phi) is 6.96. The number of carbonyl (C=O) groups excluding carboxylic acids is 2. The largest absolute Gasteiger partial charge is 0.503 e. The summed E-state index contributed by atoms with van der Waals surface area (Å²) in [6, 6.07) is 15.7. The maximum Gasteiger partial charge on any atom is 0.290 e. The van der Waals surface area contributed by atoms with E-state index in [-0.39, 0.29) is 17.9 Å². The second-order valence-electron chi connectivity index (χ2n) is 8.73. The average Bonchev–Trinajstić information content (AvgIpc) is 3.50. The van der Waals surface area contributed by atoms with Gasteiger partial charge in [0.1, 0.15) is 0 Å². The van der Waals surface area contributed by atoms with E-state index in [2.05, 4.69) is 13.8 Å². The first-order chi connectivity index (χ1) is 16.8. The second-order valence-corrected chi connectivity index (χ2v) is 8.73. The van der Waals surface area contributed by atoms with Gasteiger partial charge in [-0.05, 0) is 53.3 Å². The molecule has 7 heteroatoms. The topological polar surface area (TPSA) is 89.2 Å². The molecule has 3 aromatic rings. The SMILES string of the molecule is COc1ccc(CCN2C(=O)C(O)=C(C(=O)c3ccco3)[C@@H]2c2ccc(C(C)C)cc2)cc1OC. The Hall–Kier alpha value is -4.00. The van der Waals surface area contributed by atoms with Gasteiger partial charge in [-0.1, -0.05) is 44.2 Å². The van der Waals surface area contributed by atoms with Crippen molar-refractivity contribution in [1.82, 2.24) is 4.90 Å². The number of furan rings is 1. The Morgan fingerprint density at radius 2 is 1.77 bits per heavy atom. The lowest BCUT2D eigenvalue weighted by Gasteiger charge is -2.27. The standard InChI is InChI=1S/C28H29NO6/c1-17(2)19-8-10-20(11-9-19)25-24(26(30)22-6-5-15-35-22)27(31)28(32)29(25)14-13-18-7-12-21(33-3)23(16-18)34-4/h5-12,15-17,25,31H,13-14H2,1-4H3/t25-/m0/s1. The van der Waals surface area contributed by atoms with E-state index in [0.717, 1.165) is 16.7 Å². The number of hydrogen-bond donors (Lipinski definition) is 1. The number of hydrogen-bond acceptors (Lipinski definition) is 6. The lowest BCUT2D eigenvalue weighted by Crippen LogP contribution is -2.33. The molecule has 2 heterocycles. The normalized spacial score (nSPS) is 15.7. The van der Waals surface area contributed by atoms with Crippen LogP contribution in [0, 0.1) is 0 Å². The molecule has 1 aliphatic heterocycles. The summed E-state index contributed by atoms with van der Waals surface area (Å²) in [6.45, 7) is 4.48. The number of amides is 1. The summed E-state index contributed by atoms with van der Waals surface area (Å²) in [5, 5.41) is 10.8. The molecule has 7 nitrogen and oxygen atoms in total. The molecule has 0 aliphatic carbocycles. The predicted octanol–water partition coefficient (Wildman–Crippen LogP) is 5.24. The zero-order chi connectivity index (χ0) is 25.1. The summed E-state index contributed by atoms with van der Waals surface area (Å²) in [5.41, 5.74) is 2.83. The highest BCUT2D eigenvalue weighted by molar-refractivity contribution is 6.15. The first-order valence-corrected chi connectivity index (χ1v) is 11.5. The van der Waals surface area contributed by atoms with Gasteiger partial charge in [-0.3, -0.25) is 9.59 Å². The first-order valence-electron chi connectivity index (χ1n) is 11.5. The van der Waals surface area contributed by atoms with Gasteiger partial charge in [-0.15, -0.1) is 0 Å². The van der Waals surface area contributed by atoms with E-state index >= 15 is 0 Å². The van der Waals surface area contributed by atoms with Crippen molar-refractivity contribution in [3.63, 3.8) is 0 Å². The fourth-order valence-electron chi connectivity index (χ4n) is 4.35. The monoisotopic (exact) mass is 475 g/mol. The molecule has 0 saturated carbocycles. The number of methoxy groups -OCH3 is 2. The van der Waals surface area contributed by atoms with E-state index in [0.29, 0.717) is 23.8 Å². The molecule has 1 aliphatic rings. The smallest absolute Gasteiger partial charge is 0.290 e. The molecule has 1 amide bonds. The molecule has 0 spiro atoms. The highest BCUT2D eigenvalue weighted by Crippen LogP contribution is 2.39. The molecule has 1 N–H and O–H groups in total. The van der Waals surface area contributed by atoms with E-state index in [1.165, 1.54) is 17.2 Å². The zero-order valence-corrected chi connectivity index (χ0v) is 20.3. The van der Waals surface area contributed by atoms with E-state index in [4.69, 9.17) is 13.9 Å². The van der Waals surface area contributed by atoms with E-state index in [1.54, 1.807) is 20.3 Å². The Labute approximate surface area is 204 Å². The molecule has 0 fully saturated rings. The maximum absolute atomic E-state index is 13.3. The predicted molar refractivity (Wildman–Crippen MR) is 131 cm³/mol. The van der Waals surface area contributed by atoms with Gasteiger partial charge in [0.25, 0.3) is 5.91 Å². The quantitative estimate of drug-likeness (QED) is 0.426. The van der Waals surface area contributed by atoms with Gasteiger partial charge in [-0.2, -0.15) is 0 Å². The molecule has 0 saturated heterocycles. The number of aliphatic hydroxyl groups excluding tert-OH is 1. The number of Topliss-reactive ketones (excluding diaryl/α,β-unsaturated/α-hetero) is 1. The summed E-state index contributed by atoms with van der Waals surface area (Å²) < 4.78 is 16.0. The van der Waals surface area contributed by atoms with Crippen LogP contribution in [0.2, 0.25) is 0 Å². The Morgan fingerprint density at radius 1 is 1.06 bits per heavy atom. The van der Waals surface area contributed by atoms with Crippen molar-refractivity contribution in [2.45, 2.75) is 32.2 Å². The third-order valence-corrected chi connectivity index (χ3v) is 6.30. The van der Waals surface area contributed by atoms with Crippen molar-refractivity contribution in [1.29, 1.82) is 0 Å². The van der Waals surface area contributed by atoms with Crippen LogP contribution in [0.3, 0.4) is 0 Å². The van der Waals surface area contributed by atoms with Crippen LogP contribution < -0.4 is 9.47 Å². The lowest BCUT2D eigenvalue weighted by molar-refractivity contribution is -0.129. The molecule has 0 radical (unpaired) electrons. The summed E-state index contributed by atoms with van der Waals surface area (Å²) in [7, 11) is 3.14. The van der Waals surface area contributed by atoms with E-state index in [1.807, 2.05) is 42.5 Å². The Morgan fingerprint density at radius 3 is 2.37 bits per heavy atom. The van der Waals surface area contributed by atoms with Gasteiger partial charge in [0.2, 0.25) is 5.78 Å². The Balaban J connectivity index is 1.68. The van der Waals surface area contributed by atoms with Crippen LogP contribution in [0.15, 0.2) is 76.6 Å². The number of rotatable bonds is 9. The molecule has 2 aromatic carbocycles. The summed E-state index contributed by atoms with van der Waals surface area (Å²) in [6.07, 6.45) is 1.88. The van der Waals surface area contributed by atoms with Crippen LogP contribution in [0.4, 0.5) is 0 Å². The number of nitrogens with zero attached hydrogens (tertiary/aromatic N) is 1. The summed E-state index contributed by atoms with van der Waals surface area (Å²) >= 11 is 0. The number of carbonyl (C=O) groups is 2. The van der Waals surface area contributed by atoms with Crippen molar-refractivity contribution < 1.29 is 28.6 Å². The minimum atomic E-state index is -0.735. The molecule has 0 unspecified atom stereocenters. The number of ether oxygens (including phenoxy) is 2. The third kappa shape index (κ3) is 4.67. The van der Waals surface area contributed by atoms with Gasteiger partial charge in [0.05, 0.1) is 32.1 Å². The van der Waals surface area contributed by atoms with Gasteiger partial charge < -0.3 is 23.9 Å². The van der Waals surface area contributed by atoms with Gasteiger partial charge >= 0.3 is 0 Å². The van der Waals surface area contributed by atoms with Crippen LogP contribution in [0.25, 0.3) is 0 Å². The molecule has 1 aromatic heterocycles. The zero-order valence-electron chi connectivity index (χ0n) is 20.3. The van der Waals surface area contributed by atoms with E-state index in [9.17, 15) is 14.7 Å². The van der Waals surface area contributed by atoms with Crippen LogP contribution in [-0.4, -0.2) is 42.5 Å². The Bertz CT molecular complexity index is 1240. The van der Waals surface area contributed by atoms with Crippen molar-refractivity contribution in [3.8, 4) is 11.5 Å². The first kappa shape index (κ1) is 24.1. The molecule has 35 heavy (non-hydrogen) atoms. The van der Waals surface area contributed by atoms with Crippen molar-refractivity contribution >= 4 is 11.7 Å². The number of aliphatic hydroxyl groups is 1. The van der Waals surface area contributed by atoms with Crippen molar-refractivity contribution in [3.05, 3.63) is 94.6 Å². The van der Waals surface area contributed by atoms with Gasteiger partial charge in [0.15, 0.2) is 23.0 Å². The summed E-state index contributed by atoms with van der Waals surface area (Å²) in [4.78, 5) is 28.0. The molecule has 182 valence electrons. The van der Waals surface area contributed by atoms with Crippen LogP contribution in [0.1, 0.15) is 53.1 Å². The third-order valence-electron chi connectivity index (χ3n) is 6.30. The minimum Gasteiger partial charge on any atom is -0.503 e.